The zero-order chi connectivity index (χ0) is 27.9. The Labute approximate surface area is 230 Å². The maximum Gasteiger partial charge on any atom is 0.337 e. The molecule has 0 spiro atoms. The van der Waals surface area contributed by atoms with Crippen molar-refractivity contribution in [2.45, 2.75) is 32.2 Å². The number of nitrogens with zero attached hydrogens (tertiary/aromatic N) is 2. The lowest BCUT2D eigenvalue weighted by molar-refractivity contribution is -0.131. The maximum atomic E-state index is 13.2. The van der Waals surface area contributed by atoms with Gasteiger partial charge in [-0.05, 0) is 55.2 Å². The van der Waals surface area contributed by atoms with Gasteiger partial charge in [-0.15, -0.1) is 0 Å². The molecular weight excluding hydrogens is 524 g/mol. The summed E-state index contributed by atoms with van der Waals surface area (Å²) in [5.74, 6) is -0.636. The number of carbonyl (C=O) groups is 3. The molecule has 3 N–H and O–H groups in total. The zero-order valence-electron chi connectivity index (χ0n) is 21.6. The van der Waals surface area contributed by atoms with Crippen molar-refractivity contribution in [3.8, 4) is 11.6 Å². The molecule has 39 heavy (non-hydrogen) atoms. The van der Waals surface area contributed by atoms with Gasteiger partial charge in [0, 0.05) is 18.4 Å². The number of likely N-dealkylation sites (tertiary alicyclic amines) is 1. The number of para-hydroxylation sites is 1. The minimum absolute atomic E-state index is 0.0337. The number of carbonyl (C=O) groups excluding carboxylic acids is 2. The Kier molecular flexibility index (Phi) is 8.88. The SMILES string of the molecule is COc1cc(CC(=O)N2CCC[C@H]2COc2ncc(C(=O)O)cc2Cl)ccc1NC(=O)Nc1ccccc1C. The molecule has 0 radical (unpaired) electrons. The van der Waals surface area contributed by atoms with Crippen LogP contribution in [0.3, 0.4) is 0 Å². The van der Waals surface area contributed by atoms with Crippen LogP contribution in [0.1, 0.15) is 34.3 Å². The molecule has 11 heteroatoms. The molecule has 3 aromatic rings. The summed E-state index contributed by atoms with van der Waals surface area (Å²) in [5, 5.41) is 14.8. The average molecular weight is 553 g/mol. The summed E-state index contributed by atoms with van der Waals surface area (Å²) in [4.78, 5) is 42.5. The predicted molar refractivity (Wildman–Crippen MR) is 147 cm³/mol. The normalized spacial score (nSPS) is 14.5. The van der Waals surface area contributed by atoms with Gasteiger partial charge in [-0.25, -0.2) is 14.6 Å². The number of amides is 3. The zero-order valence-corrected chi connectivity index (χ0v) is 22.3. The van der Waals surface area contributed by atoms with Crippen molar-refractivity contribution in [2.75, 3.05) is 30.9 Å². The third kappa shape index (κ3) is 6.97. The molecular formula is C28H29ClN4O6. The van der Waals surface area contributed by atoms with Gasteiger partial charge < -0.3 is 30.1 Å². The van der Waals surface area contributed by atoms with Crippen molar-refractivity contribution < 1.29 is 29.0 Å². The van der Waals surface area contributed by atoms with E-state index in [1.54, 1.807) is 23.1 Å². The first kappa shape index (κ1) is 27.7. The molecule has 1 aliphatic rings. The van der Waals surface area contributed by atoms with Gasteiger partial charge in [0.15, 0.2) is 0 Å². The molecule has 204 valence electrons. The molecule has 0 saturated carbocycles. The highest BCUT2D eigenvalue weighted by molar-refractivity contribution is 6.32. The fourth-order valence-corrected chi connectivity index (χ4v) is 4.60. The number of carboxylic acids is 1. The summed E-state index contributed by atoms with van der Waals surface area (Å²) in [6.45, 7) is 2.69. The lowest BCUT2D eigenvalue weighted by atomic mass is 10.1. The van der Waals surface area contributed by atoms with Crippen LogP contribution in [-0.4, -0.2) is 59.2 Å². The fourth-order valence-electron chi connectivity index (χ4n) is 4.38. The topological polar surface area (TPSA) is 130 Å². The second-order valence-corrected chi connectivity index (χ2v) is 9.52. The van der Waals surface area contributed by atoms with E-state index in [4.69, 9.17) is 26.2 Å². The number of urea groups is 1. The van der Waals surface area contributed by atoms with E-state index in [0.29, 0.717) is 23.7 Å². The second-order valence-electron chi connectivity index (χ2n) is 9.12. The Morgan fingerprint density at radius 3 is 2.62 bits per heavy atom. The first-order valence-corrected chi connectivity index (χ1v) is 12.7. The smallest absolute Gasteiger partial charge is 0.337 e. The number of hydrogen-bond acceptors (Lipinski definition) is 6. The highest BCUT2D eigenvalue weighted by atomic mass is 35.5. The molecule has 0 aliphatic carbocycles. The number of methoxy groups -OCH3 is 1. The lowest BCUT2D eigenvalue weighted by Gasteiger charge is -2.25. The standard InChI is InChI=1S/C28H29ClN4O6/c1-17-6-3-4-8-22(17)31-28(37)32-23-10-9-18(12-24(23)38-2)13-25(34)33-11-5-7-20(33)16-39-26-21(29)14-19(15-30-26)27(35)36/h3-4,6,8-10,12,14-15,20H,5,7,11,13,16H2,1-2H3,(H,35,36)(H2,31,32,37)/t20-/m0/s1. The monoisotopic (exact) mass is 552 g/mol. The van der Waals surface area contributed by atoms with Crippen LogP contribution < -0.4 is 20.1 Å². The second kappa shape index (κ2) is 12.5. The number of rotatable bonds is 9. The number of aromatic carboxylic acids is 1. The van der Waals surface area contributed by atoms with E-state index in [-0.39, 0.29) is 41.4 Å². The van der Waals surface area contributed by atoms with E-state index in [9.17, 15) is 14.4 Å². The van der Waals surface area contributed by atoms with Gasteiger partial charge in [-0.1, -0.05) is 35.9 Å². The molecule has 2 aromatic carbocycles. The van der Waals surface area contributed by atoms with Crippen molar-refractivity contribution in [2.24, 2.45) is 0 Å². The molecule has 0 unspecified atom stereocenters. The maximum absolute atomic E-state index is 13.2. The summed E-state index contributed by atoms with van der Waals surface area (Å²) in [6.07, 6.45) is 2.92. The number of ether oxygens (including phenoxy) is 2. The van der Waals surface area contributed by atoms with Crippen molar-refractivity contribution in [1.29, 1.82) is 0 Å². The predicted octanol–water partition coefficient (Wildman–Crippen LogP) is 5.01. The van der Waals surface area contributed by atoms with Crippen LogP contribution in [0.15, 0.2) is 54.7 Å². The highest BCUT2D eigenvalue weighted by Gasteiger charge is 2.29. The summed E-state index contributed by atoms with van der Waals surface area (Å²) in [6, 6.07) is 13.4. The van der Waals surface area contributed by atoms with E-state index in [1.807, 2.05) is 31.2 Å². The summed E-state index contributed by atoms with van der Waals surface area (Å²) >= 11 is 6.11. The van der Waals surface area contributed by atoms with Crippen LogP contribution in [-0.2, 0) is 11.2 Å². The van der Waals surface area contributed by atoms with Crippen LogP contribution in [0.25, 0.3) is 0 Å². The third-order valence-electron chi connectivity index (χ3n) is 6.43. The minimum atomic E-state index is -1.13. The molecule has 2 heterocycles. The molecule has 10 nitrogen and oxygen atoms in total. The third-order valence-corrected chi connectivity index (χ3v) is 6.70. The van der Waals surface area contributed by atoms with E-state index < -0.39 is 12.0 Å². The molecule has 1 fully saturated rings. The Bertz CT molecular complexity index is 1380. The number of aromatic nitrogens is 1. The summed E-state index contributed by atoms with van der Waals surface area (Å²) in [7, 11) is 1.50. The minimum Gasteiger partial charge on any atom is -0.495 e. The highest BCUT2D eigenvalue weighted by Crippen LogP contribution is 2.28. The van der Waals surface area contributed by atoms with Crippen LogP contribution in [0.2, 0.25) is 5.02 Å². The molecule has 1 atom stereocenters. The number of aryl methyl sites for hydroxylation is 1. The number of carboxylic acid groups (broad SMARTS) is 1. The summed E-state index contributed by atoms with van der Waals surface area (Å²) in [5.41, 5.74) is 2.83. The Morgan fingerprint density at radius 1 is 1.13 bits per heavy atom. The van der Waals surface area contributed by atoms with E-state index in [0.717, 1.165) is 24.0 Å². The van der Waals surface area contributed by atoms with Crippen molar-refractivity contribution >= 4 is 40.9 Å². The van der Waals surface area contributed by atoms with E-state index in [1.165, 1.54) is 19.4 Å². The number of nitrogens with one attached hydrogen (secondary N) is 2. The van der Waals surface area contributed by atoms with Crippen LogP contribution in [0.5, 0.6) is 11.6 Å². The molecule has 1 aliphatic heterocycles. The Hall–Kier alpha value is -4.31. The van der Waals surface area contributed by atoms with Crippen molar-refractivity contribution in [3.63, 3.8) is 0 Å². The van der Waals surface area contributed by atoms with Crippen LogP contribution >= 0.6 is 11.6 Å². The van der Waals surface area contributed by atoms with Gasteiger partial charge >= 0.3 is 12.0 Å². The average Bonchev–Trinajstić information content (AvgIpc) is 3.39. The molecule has 0 bridgehead atoms. The van der Waals surface area contributed by atoms with Gasteiger partial charge in [0.2, 0.25) is 11.8 Å². The molecule has 4 rings (SSSR count). The van der Waals surface area contributed by atoms with Gasteiger partial charge in [0.25, 0.3) is 0 Å². The van der Waals surface area contributed by atoms with Crippen LogP contribution in [0, 0.1) is 6.92 Å². The van der Waals surface area contributed by atoms with Gasteiger partial charge in [0.05, 0.1) is 30.8 Å². The quantitative estimate of drug-likeness (QED) is 0.340. The Balaban J connectivity index is 1.36. The van der Waals surface area contributed by atoms with Crippen LogP contribution in [0.4, 0.5) is 16.2 Å². The Morgan fingerprint density at radius 2 is 1.90 bits per heavy atom. The number of benzene rings is 2. The fraction of sp³-hybridized carbons (Fsp3) is 0.286. The number of pyridine rings is 1. The van der Waals surface area contributed by atoms with Gasteiger partial charge in [0.1, 0.15) is 17.4 Å². The lowest BCUT2D eigenvalue weighted by Crippen LogP contribution is -2.40. The number of hydrogen-bond donors (Lipinski definition) is 3. The van der Waals surface area contributed by atoms with Gasteiger partial charge in [-0.2, -0.15) is 0 Å². The molecule has 1 saturated heterocycles. The number of halogens is 1. The summed E-state index contributed by atoms with van der Waals surface area (Å²) < 4.78 is 11.2. The van der Waals surface area contributed by atoms with Crippen molar-refractivity contribution in [3.05, 3.63) is 76.4 Å². The first-order chi connectivity index (χ1) is 18.7. The largest absolute Gasteiger partial charge is 0.495 e. The van der Waals surface area contributed by atoms with E-state index in [2.05, 4.69) is 15.6 Å². The van der Waals surface area contributed by atoms with Gasteiger partial charge in [-0.3, -0.25) is 4.79 Å². The van der Waals surface area contributed by atoms with E-state index >= 15 is 0 Å². The molecule has 1 aromatic heterocycles. The molecule has 3 amide bonds. The number of anilines is 2. The van der Waals surface area contributed by atoms with Crippen molar-refractivity contribution in [1.82, 2.24) is 9.88 Å². The first-order valence-electron chi connectivity index (χ1n) is 12.4.